The highest BCUT2D eigenvalue weighted by Gasteiger charge is 2.52. The zero-order valence-electron chi connectivity index (χ0n) is 11.5. The zero-order chi connectivity index (χ0) is 15.3. The third-order valence-corrected chi connectivity index (χ3v) is 4.22. The minimum Gasteiger partial charge on any atom is -0.492 e. The average Bonchev–Trinajstić information content (AvgIpc) is 3.17. The fourth-order valence-corrected chi connectivity index (χ4v) is 2.88. The van der Waals surface area contributed by atoms with Crippen LogP contribution in [0.4, 0.5) is 10.1 Å². The van der Waals surface area contributed by atoms with Crippen LogP contribution in [0, 0.1) is 15.9 Å². The van der Waals surface area contributed by atoms with Crippen molar-refractivity contribution in [1.29, 1.82) is 0 Å². The lowest BCUT2D eigenvalue weighted by Crippen LogP contribution is -2.08. The molecule has 1 saturated carbocycles. The summed E-state index contributed by atoms with van der Waals surface area (Å²) in [7, 11) is 0. The molecule has 2 aromatic rings. The van der Waals surface area contributed by atoms with Crippen LogP contribution >= 0.6 is 0 Å². The van der Waals surface area contributed by atoms with Gasteiger partial charge in [-0.25, -0.2) is 4.39 Å². The number of halogens is 1. The van der Waals surface area contributed by atoms with E-state index in [1.165, 1.54) is 12.1 Å². The molecule has 5 nitrogen and oxygen atoms in total. The van der Waals surface area contributed by atoms with Crippen molar-refractivity contribution >= 4 is 5.69 Å². The summed E-state index contributed by atoms with van der Waals surface area (Å²) in [6.07, 6.45) is 2.06. The fraction of sp³-hybridized carbons (Fsp3) is 0.250. The SMILES string of the molecule is O=[N+]([O-])c1ccc(Oc2cccc3c2C2(CC2)CO3)c(F)c1. The van der Waals surface area contributed by atoms with E-state index in [4.69, 9.17) is 9.47 Å². The summed E-state index contributed by atoms with van der Waals surface area (Å²) < 4.78 is 25.4. The van der Waals surface area contributed by atoms with Crippen LogP contribution in [0.15, 0.2) is 36.4 Å². The molecule has 0 unspecified atom stereocenters. The van der Waals surface area contributed by atoms with Crippen molar-refractivity contribution in [3.8, 4) is 17.2 Å². The standard InChI is InChI=1S/C16H12FNO4/c17-11-8-10(18(19)20)4-5-12(11)22-14-3-1-2-13-15(14)16(6-7-16)9-21-13/h1-5,8H,6-7,9H2. The van der Waals surface area contributed by atoms with Crippen LogP contribution in [0.5, 0.6) is 17.2 Å². The van der Waals surface area contributed by atoms with E-state index in [9.17, 15) is 14.5 Å². The smallest absolute Gasteiger partial charge is 0.272 e. The third-order valence-electron chi connectivity index (χ3n) is 4.22. The molecule has 1 aliphatic heterocycles. The molecular formula is C16H12FNO4. The van der Waals surface area contributed by atoms with E-state index < -0.39 is 10.7 Å². The summed E-state index contributed by atoms with van der Waals surface area (Å²) in [5, 5.41) is 10.7. The third kappa shape index (κ3) is 1.91. The Balaban J connectivity index is 1.71. The van der Waals surface area contributed by atoms with Crippen LogP contribution in [0.3, 0.4) is 0 Å². The Morgan fingerprint density at radius 1 is 1.23 bits per heavy atom. The number of nitro groups is 1. The lowest BCUT2D eigenvalue weighted by Gasteiger charge is -2.13. The van der Waals surface area contributed by atoms with Crippen LogP contribution in [0.1, 0.15) is 18.4 Å². The molecule has 2 aliphatic rings. The molecule has 2 aromatic carbocycles. The van der Waals surface area contributed by atoms with Crippen LogP contribution < -0.4 is 9.47 Å². The maximum atomic E-state index is 14.0. The summed E-state index contributed by atoms with van der Waals surface area (Å²) in [5.74, 6) is 0.551. The molecule has 112 valence electrons. The van der Waals surface area contributed by atoms with E-state index in [0.717, 1.165) is 30.2 Å². The summed E-state index contributed by atoms with van der Waals surface area (Å²) in [5.41, 5.74) is 0.682. The van der Waals surface area contributed by atoms with E-state index in [1.54, 1.807) is 12.1 Å². The first-order chi connectivity index (χ1) is 10.6. The van der Waals surface area contributed by atoms with Gasteiger partial charge in [-0.1, -0.05) is 6.07 Å². The van der Waals surface area contributed by atoms with Crippen molar-refractivity contribution in [2.45, 2.75) is 18.3 Å². The number of non-ortho nitro benzene ring substituents is 1. The molecule has 0 radical (unpaired) electrons. The van der Waals surface area contributed by atoms with Gasteiger partial charge in [0.25, 0.3) is 5.69 Å². The fourth-order valence-electron chi connectivity index (χ4n) is 2.88. The van der Waals surface area contributed by atoms with Gasteiger partial charge in [0.15, 0.2) is 11.6 Å². The second-order valence-electron chi connectivity index (χ2n) is 5.67. The monoisotopic (exact) mass is 301 g/mol. The van der Waals surface area contributed by atoms with Gasteiger partial charge in [0.2, 0.25) is 0 Å². The van der Waals surface area contributed by atoms with Crippen molar-refractivity contribution in [3.63, 3.8) is 0 Å². The number of nitrogens with zero attached hydrogens (tertiary/aromatic N) is 1. The number of fused-ring (bicyclic) bond motifs is 2. The second kappa shape index (κ2) is 4.43. The predicted octanol–water partition coefficient (Wildman–Crippen LogP) is 3.95. The van der Waals surface area contributed by atoms with E-state index in [1.807, 2.05) is 6.07 Å². The lowest BCUT2D eigenvalue weighted by atomic mass is 9.97. The molecule has 0 saturated heterocycles. The Hall–Kier alpha value is -2.63. The summed E-state index contributed by atoms with van der Waals surface area (Å²) in [4.78, 5) is 10.0. The number of rotatable bonds is 3. The number of nitro benzene ring substituents is 1. The quantitative estimate of drug-likeness (QED) is 0.636. The van der Waals surface area contributed by atoms with Crippen LogP contribution in [-0.4, -0.2) is 11.5 Å². The first-order valence-electron chi connectivity index (χ1n) is 6.97. The Kier molecular flexibility index (Phi) is 2.63. The van der Waals surface area contributed by atoms with Gasteiger partial charge in [0, 0.05) is 17.0 Å². The topological polar surface area (TPSA) is 61.6 Å². The van der Waals surface area contributed by atoms with E-state index in [0.29, 0.717) is 12.4 Å². The highest BCUT2D eigenvalue weighted by molar-refractivity contribution is 5.56. The summed E-state index contributed by atoms with van der Waals surface area (Å²) in [6, 6.07) is 8.81. The Bertz CT molecular complexity index is 786. The number of hydrogen-bond acceptors (Lipinski definition) is 4. The number of hydrogen-bond donors (Lipinski definition) is 0. The lowest BCUT2D eigenvalue weighted by molar-refractivity contribution is -0.385. The van der Waals surface area contributed by atoms with Crippen molar-refractivity contribution in [2.24, 2.45) is 0 Å². The molecule has 1 aliphatic carbocycles. The molecule has 0 atom stereocenters. The summed E-state index contributed by atoms with van der Waals surface area (Å²) >= 11 is 0. The maximum absolute atomic E-state index is 14.0. The first-order valence-corrected chi connectivity index (χ1v) is 6.97. The average molecular weight is 301 g/mol. The van der Waals surface area contributed by atoms with Crippen molar-refractivity contribution in [2.75, 3.05) is 6.61 Å². The van der Waals surface area contributed by atoms with Gasteiger partial charge >= 0.3 is 0 Å². The van der Waals surface area contributed by atoms with Gasteiger partial charge in [-0.2, -0.15) is 0 Å². The van der Waals surface area contributed by atoms with E-state index in [-0.39, 0.29) is 16.9 Å². The van der Waals surface area contributed by atoms with Gasteiger partial charge in [-0.15, -0.1) is 0 Å². The first kappa shape index (κ1) is 13.1. The molecule has 22 heavy (non-hydrogen) atoms. The Morgan fingerprint density at radius 3 is 2.73 bits per heavy atom. The summed E-state index contributed by atoms with van der Waals surface area (Å²) in [6.45, 7) is 0.630. The van der Waals surface area contributed by atoms with Crippen molar-refractivity contribution < 1.29 is 18.8 Å². The number of ether oxygens (including phenoxy) is 2. The molecule has 1 heterocycles. The highest BCUT2D eigenvalue weighted by atomic mass is 19.1. The largest absolute Gasteiger partial charge is 0.492 e. The van der Waals surface area contributed by atoms with Gasteiger partial charge in [0.05, 0.1) is 17.6 Å². The van der Waals surface area contributed by atoms with Gasteiger partial charge in [-0.3, -0.25) is 10.1 Å². The maximum Gasteiger partial charge on any atom is 0.272 e. The minimum atomic E-state index is -0.754. The zero-order valence-corrected chi connectivity index (χ0v) is 11.5. The molecule has 1 spiro atoms. The van der Waals surface area contributed by atoms with Gasteiger partial charge in [-0.05, 0) is 31.0 Å². The van der Waals surface area contributed by atoms with Gasteiger partial charge in [0.1, 0.15) is 11.5 Å². The molecule has 0 N–H and O–H groups in total. The normalized spacial score (nSPS) is 17.0. The Labute approximate surface area is 125 Å². The van der Waals surface area contributed by atoms with Gasteiger partial charge < -0.3 is 9.47 Å². The Morgan fingerprint density at radius 2 is 2.05 bits per heavy atom. The number of benzene rings is 2. The minimum absolute atomic E-state index is 0.00315. The molecule has 1 fully saturated rings. The predicted molar refractivity (Wildman–Crippen MR) is 76.0 cm³/mol. The van der Waals surface area contributed by atoms with Crippen LogP contribution in [0.2, 0.25) is 0 Å². The molecule has 0 bridgehead atoms. The molecule has 6 heteroatoms. The molecule has 0 aromatic heterocycles. The van der Waals surface area contributed by atoms with Crippen molar-refractivity contribution in [1.82, 2.24) is 0 Å². The van der Waals surface area contributed by atoms with Crippen LogP contribution in [0.25, 0.3) is 0 Å². The van der Waals surface area contributed by atoms with E-state index in [2.05, 4.69) is 0 Å². The molecule has 0 amide bonds. The van der Waals surface area contributed by atoms with E-state index >= 15 is 0 Å². The second-order valence-corrected chi connectivity index (χ2v) is 5.67. The van der Waals surface area contributed by atoms with Crippen LogP contribution in [-0.2, 0) is 5.41 Å². The highest BCUT2D eigenvalue weighted by Crippen LogP contribution is 2.58. The van der Waals surface area contributed by atoms with Crippen molar-refractivity contribution in [3.05, 3.63) is 57.9 Å². The molecular weight excluding hydrogens is 289 g/mol. The molecule has 4 rings (SSSR count).